The van der Waals surface area contributed by atoms with Gasteiger partial charge in [0.05, 0.1) is 18.3 Å². The first-order valence-corrected chi connectivity index (χ1v) is 17.3. The Labute approximate surface area is 279 Å². The molecule has 3 saturated heterocycles. The summed E-state index contributed by atoms with van der Waals surface area (Å²) >= 11 is 6.73. The maximum atomic E-state index is 15.3. The van der Waals surface area contributed by atoms with E-state index in [0.717, 1.165) is 41.5 Å². The van der Waals surface area contributed by atoms with Gasteiger partial charge < -0.3 is 14.4 Å². The Balaban J connectivity index is 1.06. The molecule has 1 aliphatic carbocycles. The minimum atomic E-state index is -0.603. The third kappa shape index (κ3) is 5.04. The van der Waals surface area contributed by atoms with Crippen LogP contribution in [0.15, 0.2) is 36.7 Å². The van der Waals surface area contributed by atoms with E-state index in [4.69, 9.17) is 21.1 Å². The van der Waals surface area contributed by atoms with Gasteiger partial charge in [0.1, 0.15) is 30.2 Å². The van der Waals surface area contributed by atoms with Crippen molar-refractivity contribution in [2.45, 2.75) is 94.1 Å². The third-order valence-corrected chi connectivity index (χ3v) is 12.4. The summed E-state index contributed by atoms with van der Waals surface area (Å²) in [6, 6.07) is 8.53. The maximum Gasteiger partial charge on any atom is 0.327 e. The van der Waals surface area contributed by atoms with E-state index in [9.17, 15) is 9.18 Å². The zero-order valence-electron chi connectivity index (χ0n) is 27.4. The van der Waals surface area contributed by atoms with Crippen LogP contribution in [0.2, 0.25) is 5.02 Å². The number of piperidine rings is 1. The van der Waals surface area contributed by atoms with Crippen molar-refractivity contribution in [1.29, 1.82) is 0 Å². The summed E-state index contributed by atoms with van der Waals surface area (Å²) in [5, 5.41) is 3.85. The van der Waals surface area contributed by atoms with Crippen molar-refractivity contribution in [1.82, 2.24) is 19.9 Å². The lowest BCUT2D eigenvalue weighted by Gasteiger charge is -2.42. The number of H-pyrrole nitrogens is 1. The molecule has 1 N–H and O–H groups in total. The lowest BCUT2D eigenvalue weighted by Crippen LogP contribution is -2.48. The molecule has 1 saturated carbocycles. The summed E-state index contributed by atoms with van der Waals surface area (Å²) in [4.78, 5) is 23.5. The number of hydrogen-bond donors (Lipinski definition) is 1. The molecule has 4 fully saturated rings. The molecule has 3 aromatic rings. The summed E-state index contributed by atoms with van der Waals surface area (Å²) in [7, 11) is 1.95. The van der Waals surface area contributed by atoms with Crippen molar-refractivity contribution in [3.63, 3.8) is 0 Å². The van der Waals surface area contributed by atoms with E-state index < -0.39 is 22.7 Å². The van der Waals surface area contributed by atoms with Crippen molar-refractivity contribution in [2.24, 2.45) is 13.0 Å². The molecule has 4 aliphatic heterocycles. The van der Waals surface area contributed by atoms with E-state index in [2.05, 4.69) is 41.0 Å². The van der Waals surface area contributed by atoms with Crippen LogP contribution < -0.4 is 4.68 Å². The molecule has 8 nitrogen and oxygen atoms in total. The quantitative estimate of drug-likeness (QED) is 0.371. The minimum absolute atomic E-state index is 0.0530. The summed E-state index contributed by atoms with van der Waals surface area (Å²) < 4.78 is 44.1. The fourth-order valence-electron chi connectivity index (χ4n) is 9.53. The molecule has 0 unspecified atom stereocenters. The number of fused-ring (bicyclic) bond motifs is 4. The average molecular weight is 667 g/mol. The number of rotatable bonds is 5. The Hall–Kier alpha value is -2.92. The predicted octanol–water partition coefficient (Wildman–Crippen LogP) is 5.38. The zero-order chi connectivity index (χ0) is 32.8. The van der Waals surface area contributed by atoms with E-state index in [1.165, 1.54) is 6.07 Å². The lowest BCUT2D eigenvalue weighted by atomic mass is 9.78. The Morgan fingerprint density at radius 2 is 1.89 bits per heavy atom. The number of aromatic nitrogens is 3. The molecule has 1 aromatic heterocycles. The topological polar surface area (TPSA) is 74.6 Å². The van der Waals surface area contributed by atoms with Crippen LogP contribution >= 0.6 is 11.6 Å². The van der Waals surface area contributed by atoms with Crippen LogP contribution in [-0.2, 0) is 32.3 Å². The van der Waals surface area contributed by atoms with E-state index in [1.807, 2.05) is 23.6 Å². The number of aryl methyl sites for hydroxylation is 2. The van der Waals surface area contributed by atoms with Crippen molar-refractivity contribution in [3.8, 4) is 0 Å². The largest absolute Gasteiger partial charge is 0.375 e. The lowest BCUT2D eigenvalue weighted by molar-refractivity contribution is -0.738. The second-order valence-electron chi connectivity index (χ2n) is 15.0. The number of likely N-dealkylation sites (tertiary alicyclic amines) is 2. The summed E-state index contributed by atoms with van der Waals surface area (Å²) in [6.07, 6.45) is 5.29. The normalized spacial score (nSPS) is 30.1. The van der Waals surface area contributed by atoms with Crippen molar-refractivity contribution >= 4 is 17.5 Å². The molecule has 8 rings (SSSR count). The molecule has 0 radical (unpaired) electrons. The fraction of sp³-hybridized carbons (Fsp3) is 0.583. The van der Waals surface area contributed by atoms with Gasteiger partial charge in [0.2, 0.25) is 12.2 Å². The number of nitrogens with zero attached hydrogens (tertiary/aromatic N) is 4. The minimum Gasteiger partial charge on any atom is -0.375 e. The first-order chi connectivity index (χ1) is 22.4. The number of hydrogen-bond acceptors (Lipinski definition) is 5. The van der Waals surface area contributed by atoms with E-state index in [0.29, 0.717) is 62.0 Å². The predicted molar refractivity (Wildman–Crippen MR) is 171 cm³/mol. The van der Waals surface area contributed by atoms with E-state index >= 15 is 4.39 Å². The van der Waals surface area contributed by atoms with Gasteiger partial charge >= 0.3 is 5.82 Å². The Morgan fingerprint density at radius 1 is 1.11 bits per heavy atom. The SMILES string of the molecule is Cc1cc2c(cc1Cl)C1(CCN(C(=O)[C@@H]3C[C@H](N4C[C@@H]5C[C@H]4CO5)C[C@H]3c3ccc(F)cc3F)CC1)O[C@@H]2C(C)(C)c1nc[nH][n+]1C. The number of morpholine rings is 1. The highest BCUT2D eigenvalue weighted by Gasteiger charge is 2.56. The highest BCUT2D eigenvalue weighted by molar-refractivity contribution is 6.31. The van der Waals surface area contributed by atoms with Gasteiger partial charge in [-0.3, -0.25) is 9.69 Å². The highest BCUT2D eigenvalue weighted by atomic mass is 35.5. The Kier molecular flexibility index (Phi) is 7.55. The van der Waals surface area contributed by atoms with Gasteiger partial charge in [-0.15, -0.1) is 0 Å². The van der Waals surface area contributed by atoms with E-state index in [1.54, 1.807) is 12.4 Å². The molecular weight excluding hydrogens is 624 g/mol. The number of halogens is 3. The number of ether oxygens (including phenoxy) is 2. The van der Waals surface area contributed by atoms with Crippen LogP contribution in [0.4, 0.5) is 8.78 Å². The van der Waals surface area contributed by atoms with Gasteiger partial charge in [-0.1, -0.05) is 23.7 Å². The van der Waals surface area contributed by atoms with Gasteiger partial charge in [-0.25, -0.2) is 8.78 Å². The van der Waals surface area contributed by atoms with Crippen LogP contribution in [0.3, 0.4) is 0 Å². The van der Waals surface area contributed by atoms with Gasteiger partial charge in [0, 0.05) is 48.7 Å². The van der Waals surface area contributed by atoms with Gasteiger partial charge in [0.15, 0.2) is 0 Å². The smallest absolute Gasteiger partial charge is 0.327 e. The van der Waals surface area contributed by atoms with Crippen LogP contribution in [0, 0.1) is 24.5 Å². The monoisotopic (exact) mass is 666 g/mol. The van der Waals surface area contributed by atoms with E-state index in [-0.39, 0.29) is 36.0 Å². The first kappa shape index (κ1) is 31.4. The van der Waals surface area contributed by atoms with Gasteiger partial charge in [-0.05, 0) is 98.2 Å². The summed E-state index contributed by atoms with van der Waals surface area (Å²) in [5.74, 6) is -0.924. The molecule has 5 aliphatic rings. The van der Waals surface area contributed by atoms with Crippen molar-refractivity contribution in [2.75, 3.05) is 26.2 Å². The number of amides is 1. The molecule has 6 atom stereocenters. The second-order valence-corrected chi connectivity index (χ2v) is 15.5. The molecule has 1 spiro atoms. The van der Waals surface area contributed by atoms with Gasteiger partial charge in [0.25, 0.3) is 0 Å². The van der Waals surface area contributed by atoms with Gasteiger partial charge in [-0.2, -0.15) is 9.78 Å². The number of benzene rings is 2. The molecule has 2 aromatic carbocycles. The first-order valence-electron chi connectivity index (χ1n) is 16.9. The number of nitrogens with one attached hydrogen (secondary N) is 1. The Morgan fingerprint density at radius 3 is 2.55 bits per heavy atom. The molecule has 11 heteroatoms. The molecule has 1 amide bonds. The van der Waals surface area contributed by atoms with Crippen molar-refractivity contribution in [3.05, 3.63) is 81.4 Å². The molecular formula is C36H43ClF2N5O3+. The van der Waals surface area contributed by atoms with Crippen LogP contribution in [-0.4, -0.2) is 70.2 Å². The molecule has 47 heavy (non-hydrogen) atoms. The summed E-state index contributed by atoms with van der Waals surface area (Å²) in [6.45, 7) is 8.94. The molecule has 2 bridgehead atoms. The third-order valence-electron chi connectivity index (χ3n) is 11.9. The number of aromatic amines is 1. The number of carbonyl (C=O) groups excluding carboxylic acids is 1. The van der Waals surface area contributed by atoms with Crippen LogP contribution in [0.5, 0.6) is 0 Å². The van der Waals surface area contributed by atoms with Crippen molar-refractivity contribution < 1.29 is 27.7 Å². The van der Waals surface area contributed by atoms with Crippen LogP contribution in [0.1, 0.15) is 86.1 Å². The average Bonchev–Trinajstić information content (AvgIpc) is 3.88. The standard InChI is InChI=1S/C36H42ClF2N5O3/c1-20-11-28-29(16-30(20)37)36(47-32(28)35(2,3)34-40-19-41-42(34)4)7-9-43(10-8-36)33(45)27-15-22(44-17-24-13-23(44)18-46-24)14-26(27)25-6-5-21(38)12-31(25)39/h5-6,11-12,16,19,22-24,26-27,32H,7-10,13-15,17-18H2,1-4H3/p+1/t22-,23+,24+,26+,27-,32+/m1/s1. The fourth-order valence-corrected chi connectivity index (χ4v) is 9.69. The number of carbonyl (C=O) groups is 1. The Bertz CT molecular complexity index is 1720. The zero-order valence-corrected chi connectivity index (χ0v) is 28.2. The van der Waals surface area contributed by atoms with Crippen LogP contribution in [0.25, 0.3) is 0 Å². The highest BCUT2D eigenvalue weighted by Crippen LogP contribution is 2.56. The summed E-state index contributed by atoms with van der Waals surface area (Å²) in [5.41, 5.74) is 2.61. The molecule has 250 valence electrons. The second kappa shape index (κ2) is 11.3. The maximum absolute atomic E-state index is 15.3. The molecule has 5 heterocycles.